The molecule has 4 rings (SSSR count). The summed E-state index contributed by atoms with van der Waals surface area (Å²) < 4.78 is 10.8. The van der Waals surface area contributed by atoms with Gasteiger partial charge in [0.15, 0.2) is 17.1 Å². The van der Waals surface area contributed by atoms with E-state index < -0.39 is 17.7 Å². The van der Waals surface area contributed by atoms with E-state index in [4.69, 9.17) is 9.15 Å². The van der Waals surface area contributed by atoms with Crippen molar-refractivity contribution in [2.24, 2.45) is 0 Å². The van der Waals surface area contributed by atoms with E-state index in [1.165, 1.54) is 19.2 Å². The zero-order valence-corrected chi connectivity index (χ0v) is 13.1. The van der Waals surface area contributed by atoms with E-state index in [1.807, 2.05) is 6.07 Å². The molecule has 7 heteroatoms. The van der Waals surface area contributed by atoms with Crippen molar-refractivity contribution in [1.82, 2.24) is 5.32 Å². The highest BCUT2D eigenvalue weighted by Gasteiger charge is 2.27. The lowest BCUT2D eigenvalue weighted by Gasteiger charge is -2.04. The third-order valence-corrected chi connectivity index (χ3v) is 3.95. The lowest BCUT2D eigenvalue weighted by atomic mass is 10.1. The number of nitrogens with one attached hydrogen (secondary N) is 2. The highest BCUT2D eigenvalue weighted by Crippen LogP contribution is 2.29. The smallest absolute Gasteiger partial charge is 0.291 e. The number of methoxy groups -OCH3 is 1. The van der Waals surface area contributed by atoms with Crippen molar-refractivity contribution in [2.75, 3.05) is 12.4 Å². The lowest BCUT2D eigenvalue weighted by molar-refractivity contribution is 0.0878. The number of hydrogen-bond donors (Lipinski definition) is 2. The van der Waals surface area contributed by atoms with Gasteiger partial charge in [-0.1, -0.05) is 12.1 Å². The van der Waals surface area contributed by atoms with Gasteiger partial charge < -0.3 is 14.5 Å². The first-order chi connectivity index (χ1) is 12.1. The molecule has 1 aliphatic heterocycles. The lowest BCUT2D eigenvalue weighted by Crippen LogP contribution is -2.19. The predicted molar refractivity (Wildman–Crippen MR) is 89.0 cm³/mol. The Morgan fingerprint density at radius 3 is 2.68 bits per heavy atom. The molecule has 124 valence electrons. The third-order valence-electron chi connectivity index (χ3n) is 3.95. The average molecular weight is 336 g/mol. The van der Waals surface area contributed by atoms with Crippen LogP contribution in [0.25, 0.3) is 11.0 Å². The van der Waals surface area contributed by atoms with Crippen molar-refractivity contribution >= 4 is 34.4 Å². The van der Waals surface area contributed by atoms with Gasteiger partial charge in [0.1, 0.15) is 0 Å². The van der Waals surface area contributed by atoms with Gasteiger partial charge in [-0.15, -0.1) is 0 Å². The van der Waals surface area contributed by atoms with E-state index in [-0.39, 0.29) is 16.9 Å². The number of carbonyl (C=O) groups excluding carboxylic acids is 3. The Kier molecular flexibility index (Phi) is 3.28. The largest absolute Gasteiger partial charge is 0.493 e. The van der Waals surface area contributed by atoms with Crippen LogP contribution >= 0.6 is 0 Å². The Morgan fingerprint density at radius 1 is 1.08 bits per heavy atom. The Balaban J connectivity index is 1.64. The molecule has 1 aromatic heterocycles. The van der Waals surface area contributed by atoms with E-state index in [0.29, 0.717) is 17.0 Å². The van der Waals surface area contributed by atoms with Crippen molar-refractivity contribution in [3.05, 3.63) is 59.4 Å². The molecule has 0 spiro atoms. The maximum Gasteiger partial charge on any atom is 0.291 e. The fourth-order valence-electron chi connectivity index (χ4n) is 2.75. The minimum absolute atomic E-state index is 0.112. The van der Waals surface area contributed by atoms with E-state index in [2.05, 4.69) is 10.6 Å². The van der Waals surface area contributed by atoms with Crippen LogP contribution in [0.3, 0.4) is 0 Å². The molecular formula is C18H12N2O5. The summed E-state index contributed by atoms with van der Waals surface area (Å²) in [6.07, 6.45) is 0. The Morgan fingerprint density at radius 2 is 1.88 bits per heavy atom. The van der Waals surface area contributed by atoms with Crippen molar-refractivity contribution in [1.29, 1.82) is 0 Å². The minimum atomic E-state index is -0.482. The molecule has 0 radical (unpaired) electrons. The van der Waals surface area contributed by atoms with Crippen LogP contribution in [0.4, 0.5) is 5.69 Å². The topological polar surface area (TPSA) is 97.6 Å². The summed E-state index contributed by atoms with van der Waals surface area (Å²) >= 11 is 0. The molecule has 2 aromatic carbocycles. The first-order valence-corrected chi connectivity index (χ1v) is 7.44. The summed E-state index contributed by atoms with van der Waals surface area (Å²) in [7, 11) is 1.52. The molecular weight excluding hydrogens is 324 g/mol. The number of amides is 3. The number of anilines is 1. The molecule has 3 aromatic rings. The zero-order valence-electron chi connectivity index (χ0n) is 13.1. The Bertz CT molecular complexity index is 1050. The van der Waals surface area contributed by atoms with Gasteiger partial charge in [0, 0.05) is 11.1 Å². The molecule has 0 bridgehead atoms. The van der Waals surface area contributed by atoms with E-state index in [9.17, 15) is 14.4 Å². The minimum Gasteiger partial charge on any atom is -0.493 e. The van der Waals surface area contributed by atoms with Crippen LogP contribution in [0.1, 0.15) is 31.3 Å². The number of imide groups is 1. The second-order valence-electron chi connectivity index (χ2n) is 5.49. The van der Waals surface area contributed by atoms with E-state index in [1.54, 1.807) is 24.3 Å². The normalized spacial score (nSPS) is 12.8. The zero-order chi connectivity index (χ0) is 17.6. The SMILES string of the molecule is COc1cccc2cc(C(=O)Nc3ccc4c(c3)C(=O)NC4=O)oc12. The highest BCUT2D eigenvalue weighted by molar-refractivity contribution is 6.22. The van der Waals surface area contributed by atoms with Crippen molar-refractivity contribution < 1.29 is 23.5 Å². The summed E-state index contributed by atoms with van der Waals surface area (Å²) in [6, 6.07) is 11.5. The Hall–Kier alpha value is -3.61. The third kappa shape index (κ3) is 2.42. The van der Waals surface area contributed by atoms with Crippen LogP contribution in [0.5, 0.6) is 5.75 Å². The summed E-state index contributed by atoms with van der Waals surface area (Å²) in [5, 5.41) is 5.60. The number of fused-ring (bicyclic) bond motifs is 2. The van der Waals surface area contributed by atoms with Crippen LogP contribution in [0, 0.1) is 0 Å². The van der Waals surface area contributed by atoms with Crippen LogP contribution < -0.4 is 15.4 Å². The number of benzene rings is 2. The number of hydrogen-bond acceptors (Lipinski definition) is 5. The summed E-state index contributed by atoms with van der Waals surface area (Å²) in [5.41, 5.74) is 1.39. The van der Waals surface area contributed by atoms with Crippen molar-refractivity contribution in [3.8, 4) is 5.75 Å². The van der Waals surface area contributed by atoms with Crippen LogP contribution in [-0.4, -0.2) is 24.8 Å². The molecule has 0 saturated carbocycles. The van der Waals surface area contributed by atoms with Crippen molar-refractivity contribution in [2.45, 2.75) is 0 Å². The number of carbonyl (C=O) groups is 3. The highest BCUT2D eigenvalue weighted by atomic mass is 16.5. The Labute approximate surface area is 141 Å². The monoisotopic (exact) mass is 336 g/mol. The first kappa shape index (κ1) is 14.9. The molecule has 1 aliphatic rings. The number of furan rings is 1. The molecule has 0 atom stereocenters. The second-order valence-corrected chi connectivity index (χ2v) is 5.49. The quantitative estimate of drug-likeness (QED) is 0.717. The molecule has 7 nitrogen and oxygen atoms in total. The summed E-state index contributed by atoms with van der Waals surface area (Å²) in [4.78, 5) is 35.7. The van der Waals surface area contributed by atoms with Gasteiger partial charge >= 0.3 is 0 Å². The molecule has 0 unspecified atom stereocenters. The standard InChI is InChI=1S/C18H12N2O5/c1-24-13-4-2-3-9-7-14(25-15(9)13)18(23)19-10-5-6-11-12(8-10)17(22)20-16(11)21/h2-8H,1H3,(H,19,23)(H,20,21,22). The van der Waals surface area contributed by atoms with E-state index in [0.717, 1.165) is 5.39 Å². The maximum absolute atomic E-state index is 12.4. The fourth-order valence-corrected chi connectivity index (χ4v) is 2.75. The first-order valence-electron chi connectivity index (χ1n) is 7.44. The van der Waals surface area contributed by atoms with Gasteiger partial charge in [0.2, 0.25) is 0 Å². The van der Waals surface area contributed by atoms with Crippen LogP contribution in [0.2, 0.25) is 0 Å². The van der Waals surface area contributed by atoms with Crippen molar-refractivity contribution in [3.63, 3.8) is 0 Å². The second kappa shape index (κ2) is 5.48. The van der Waals surface area contributed by atoms with Gasteiger partial charge in [0.05, 0.1) is 18.2 Å². The van der Waals surface area contributed by atoms with Gasteiger partial charge in [0.25, 0.3) is 17.7 Å². The number of rotatable bonds is 3. The van der Waals surface area contributed by atoms with Crippen LogP contribution in [0.15, 0.2) is 46.9 Å². The van der Waals surface area contributed by atoms with Gasteiger partial charge in [-0.3, -0.25) is 19.7 Å². The summed E-state index contributed by atoms with van der Waals surface area (Å²) in [6.45, 7) is 0. The molecule has 0 fully saturated rings. The van der Waals surface area contributed by atoms with Gasteiger partial charge in [-0.2, -0.15) is 0 Å². The molecule has 0 saturated heterocycles. The number of ether oxygens (including phenoxy) is 1. The number of para-hydroxylation sites is 1. The fraction of sp³-hybridized carbons (Fsp3) is 0.0556. The van der Waals surface area contributed by atoms with Crippen LogP contribution in [-0.2, 0) is 0 Å². The average Bonchev–Trinajstić information content (AvgIpc) is 3.16. The maximum atomic E-state index is 12.4. The molecule has 3 amide bonds. The molecule has 2 heterocycles. The molecule has 2 N–H and O–H groups in total. The summed E-state index contributed by atoms with van der Waals surface area (Å²) in [5.74, 6) is -0.750. The predicted octanol–water partition coefficient (Wildman–Crippen LogP) is 2.58. The van der Waals surface area contributed by atoms with E-state index >= 15 is 0 Å². The van der Waals surface area contributed by atoms with Gasteiger partial charge in [-0.25, -0.2) is 0 Å². The van der Waals surface area contributed by atoms with Gasteiger partial charge in [-0.05, 0) is 30.3 Å². The molecule has 25 heavy (non-hydrogen) atoms. The molecule has 0 aliphatic carbocycles.